The number of benzene rings is 1. The summed E-state index contributed by atoms with van der Waals surface area (Å²) < 4.78 is 37.6. The van der Waals surface area contributed by atoms with Gasteiger partial charge in [-0.05, 0) is 13.3 Å². The van der Waals surface area contributed by atoms with Crippen LogP contribution in [-0.4, -0.2) is 24.9 Å². The topological polar surface area (TPSA) is 38.7 Å². The molecule has 0 radical (unpaired) electrons. The van der Waals surface area contributed by atoms with Crippen LogP contribution < -0.4 is 4.74 Å². The molecule has 3 atom stereocenters. The van der Waals surface area contributed by atoms with Crippen LogP contribution in [0.1, 0.15) is 25.0 Å². The average Bonchev–Trinajstić information content (AvgIpc) is 2.74. The van der Waals surface area contributed by atoms with E-state index in [1.807, 2.05) is 6.92 Å². The lowest BCUT2D eigenvalue weighted by molar-refractivity contribution is 0.0761. The minimum Gasteiger partial charge on any atom is -0.497 e. The van der Waals surface area contributed by atoms with Crippen molar-refractivity contribution in [2.75, 3.05) is 13.7 Å². The molecule has 1 aromatic carbocycles. The van der Waals surface area contributed by atoms with Crippen LogP contribution >= 0.6 is 0 Å². The molecule has 2 rings (SSSR count). The second-order valence-corrected chi connectivity index (χ2v) is 4.59. The maximum atomic E-state index is 13.8. The summed E-state index contributed by atoms with van der Waals surface area (Å²) >= 11 is 0. The lowest BCUT2D eigenvalue weighted by atomic mass is 9.93. The number of methoxy groups -OCH3 is 1. The Labute approximate surface area is 104 Å². The number of halogens is 2. The Morgan fingerprint density at radius 3 is 2.44 bits per heavy atom. The number of rotatable bonds is 3. The largest absolute Gasteiger partial charge is 0.497 e. The van der Waals surface area contributed by atoms with Crippen molar-refractivity contribution in [2.24, 2.45) is 5.92 Å². The molecule has 1 saturated heterocycles. The fourth-order valence-electron chi connectivity index (χ4n) is 2.27. The van der Waals surface area contributed by atoms with Gasteiger partial charge in [-0.1, -0.05) is 0 Å². The highest BCUT2D eigenvalue weighted by molar-refractivity contribution is 5.32. The number of aliphatic hydroxyl groups excluding tert-OH is 1. The van der Waals surface area contributed by atoms with Crippen LogP contribution in [0.2, 0.25) is 0 Å². The Morgan fingerprint density at radius 1 is 1.39 bits per heavy atom. The zero-order valence-corrected chi connectivity index (χ0v) is 10.3. The first kappa shape index (κ1) is 13.2. The number of hydrogen-bond acceptors (Lipinski definition) is 3. The third-order valence-electron chi connectivity index (χ3n) is 3.26. The van der Waals surface area contributed by atoms with E-state index in [0.717, 1.165) is 12.1 Å². The van der Waals surface area contributed by atoms with E-state index in [-0.39, 0.29) is 23.3 Å². The molecule has 1 heterocycles. The van der Waals surface area contributed by atoms with Gasteiger partial charge in [-0.25, -0.2) is 8.78 Å². The van der Waals surface area contributed by atoms with Crippen molar-refractivity contribution in [2.45, 2.75) is 25.6 Å². The third-order valence-corrected chi connectivity index (χ3v) is 3.26. The summed E-state index contributed by atoms with van der Waals surface area (Å²) in [6.07, 6.45) is -0.596. The van der Waals surface area contributed by atoms with Crippen molar-refractivity contribution in [3.63, 3.8) is 0 Å². The fourth-order valence-corrected chi connectivity index (χ4v) is 2.27. The Bertz CT molecular complexity index is 413. The normalized spacial score (nSPS) is 25.2. The van der Waals surface area contributed by atoms with Crippen molar-refractivity contribution in [1.82, 2.24) is 0 Å². The van der Waals surface area contributed by atoms with Crippen molar-refractivity contribution >= 4 is 0 Å². The summed E-state index contributed by atoms with van der Waals surface area (Å²) in [7, 11) is 1.33. The Hall–Kier alpha value is -1.20. The molecular formula is C13H16F2O3. The summed E-state index contributed by atoms with van der Waals surface area (Å²) in [5.74, 6) is -1.77. The van der Waals surface area contributed by atoms with Crippen molar-refractivity contribution in [3.05, 3.63) is 29.3 Å². The molecule has 1 aromatic rings. The molecule has 0 amide bonds. The molecule has 5 heteroatoms. The van der Waals surface area contributed by atoms with Crippen LogP contribution in [0.4, 0.5) is 8.78 Å². The first-order valence-corrected chi connectivity index (χ1v) is 5.85. The summed E-state index contributed by atoms with van der Waals surface area (Å²) in [4.78, 5) is 0. The molecule has 1 aliphatic rings. The van der Waals surface area contributed by atoms with Crippen LogP contribution in [0.5, 0.6) is 5.75 Å². The molecule has 3 nitrogen and oxygen atoms in total. The smallest absolute Gasteiger partial charge is 0.135 e. The van der Waals surface area contributed by atoms with E-state index in [9.17, 15) is 13.9 Å². The molecule has 1 aliphatic heterocycles. The maximum Gasteiger partial charge on any atom is 0.135 e. The van der Waals surface area contributed by atoms with Gasteiger partial charge in [0.2, 0.25) is 0 Å². The van der Waals surface area contributed by atoms with Gasteiger partial charge in [0.1, 0.15) is 17.4 Å². The second-order valence-electron chi connectivity index (χ2n) is 4.59. The summed E-state index contributed by atoms with van der Waals surface area (Å²) in [5.41, 5.74) is -0.307. The first-order valence-electron chi connectivity index (χ1n) is 5.85. The third kappa shape index (κ3) is 2.47. The van der Waals surface area contributed by atoms with Crippen molar-refractivity contribution in [1.29, 1.82) is 0 Å². The highest BCUT2D eigenvalue weighted by Gasteiger charge is 2.32. The quantitative estimate of drug-likeness (QED) is 0.905. The molecule has 0 spiro atoms. The van der Waals surface area contributed by atoms with E-state index in [0.29, 0.717) is 13.0 Å². The minimum atomic E-state index is -1.19. The van der Waals surface area contributed by atoms with Crippen LogP contribution in [0.3, 0.4) is 0 Å². The summed E-state index contributed by atoms with van der Waals surface area (Å²) in [6.45, 7) is 2.18. The molecule has 0 aromatic heterocycles. The van der Waals surface area contributed by atoms with E-state index >= 15 is 0 Å². The summed E-state index contributed by atoms with van der Waals surface area (Å²) in [6, 6.07) is 2.14. The molecule has 0 bridgehead atoms. The molecule has 100 valence electrons. The lowest BCUT2D eigenvalue weighted by Crippen LogP contribution is -2.16. The Kier molecular flexibility index (Phi) is 3.82. The molecule has 0 aliphatic carbocycles. The van der Waals surface area contributed by atoms with Gasteiger partial charge < -0.3 is 14.6 Å². The van der Waals surface area contributed by atoms with Gasteiger partial charge in [0.15, 0.2) is 0 Å². The molecule has 0 saturated carbocycles. The van der Waals surface area contributed by atoms with Crippen molar-refractivity contribution in [3.8, 4) is 5.75 Å². The van der Waals surface area contributed by atoms with E-state index in [4.69, 9.17) is 9.47 Å². The van der Waals surface area contributed by atoms with Crippen molar-refractivity contribution < 1.29 is 23.4 Å². The van der Waals surface area contributed by atoms with Gasteiger partial charge >= 0.3 is 0 Å². The van der Waals surface area contributed by atoms with Gasteiger partial charge in [0, 0.05) is 18.1 Å². The highest BCUT2D eigenvalue weighted by atomic mass is 19.1. The average molecular weight is 258 g/mol. The second kappa shape index (κ2) is 5.20. The minimum absolute atomic E-state index is 0.00835. The van der Waals surface area contributed by atoms with Crippen LogP contribution in [-0.2, 0) is 4.74 Å². The monoisotopic (exact) mass is 258 g/mol. The van der Waals surface area contributed by atoms with Crippen LogP contribution in [0.25, 0.3) is 0 Å². The summed E-state index contributed by atoms with van der Waals surface area (Å²) in [5, 5.41) is 10.1. The SMILES string of the molecule is COc1cc(F)c(C(O)C2COC(C)C2)c(F)c1. The lowest BCUT2D eigenvalue weighted by Gasteiger charge is -2.18. The molecule has 1 N–H and O–H groups in total. The predicted molar refractivity (Wildman–Crippen MR) is 61.4 cm³/mol. The van der Waals surface area contributed by atoms with Gasteiger partial charge in [0.05, 0.1) is 31.5 Å². The van der Waals surface area contributed by atoms with E-state index in [1.54, 1.807) is 0 Å². The number of hydrogen-bond donors (Lipinski definition) is 1. The van der Waals surface area contributed by atoms with E-state index < -0.39 is 17.7 Å². The maximum absolute atomic E-state index is 13.8. The highest BCUT2D eigenvalue weighted by Crippen LogP contribution is 2.35. The fraction of sp³-hybridized carbons (Fsp3) is 0.538. The molecule has 3 unspecified atom stereocenters. The zero-order valence-electron chi connectivity index (χ0n) is 10.3. The van der Waals surface area contributed by atoms with E-state index in [2.05, 4.69) is 0 Å². The van der Waals surface area contributed by atoms with Gasteiger partial charge in [-0.2, -0.15) is 0 Å². The Balaban J connectivity index is 2.27. The number of ether oxygens (including phenoxy) is 2. The van der Waals surface area contributed by atoms with Gasteiger partial charge in [-0.3, -0.25) is 0 Å². The zero-order chi connectivity index (χ0) is 13.3. The predicted octanol–water partition coefficient (Wildman–Crippen LogP) is 2.43. The van der Waals surface area contributed by atoms with Gasteiger partial charge in [-0.15, -0.1) is 0 Å². The number of aliphatic hydroxyl groups is 1. The molecule has 1 fully saturated rings. The standard InChI is InChI=1S/C13H16F2O3/c1-7-3-8(6-18-7)13(16)12-10(14)4-9(17-2)5-11(12)15/h4-5,7-8,13,16H,3,6H2,1-2H3. The van der Waals surface area contributed by atoms with Crippen LogP contribution in [0, 0.1) is 17.6 Å². The first-order chi connectivity index (χ1) is 8.52. The Morgan fingerprint density at radius 2 is 2.00 bits per heavy atom. The van der Waals surface area contributed by atoms with Crippen LogP contribution in [0.15, 0.2) is 12.1 Å². The molecule has 18 heavy (non-hydrogen) atoms. The molecular weight excluding hydrogens is 242 g/mol. The van der Waals surface area contributed by atoms with E-state index in [1.165, 1.54) is 7.11 Å². The van der Waals surface area contributed by atoms with Gasteiger partial charge in [0.25, 0.3) is 0 Å².